The minimum absolute atomic E-state index is 0.0768. The van der Waals surface area contributed by atoms with Crippen molar-refractivity contribution in [2.45, 2.75) is 6.54 Å². The fraction of sp³-hybridized carbons (Fsp3) is 0.333. The standard InChI is InChI=1S/C21H27ClN4O3/c1-4-10-26(21(28)23-18-8-5-7-17(22)14-18)16-20(27)25(12-13-29-3)15-19-9-6-11-24(19)2/h4-9,11,14H,1,10,12-13,15-16H2,2-3H3,(H,23,28). The SMILES string of the molecule is C=CCN(CC(=O)N(CCOC)Cc1cccn1C)C(=O)Nc1cccc(Cl)c1. The maximum atomic E-state index is 13.0. The summed E-state index contributed by atoms with van der Waals surface area (Å²) >= 11 is 5.97. The maximum Gasteiger partial charge on any atom is 0.322 e. The molecule has 1 N–H and O–H groups in total. The molecule has 0 saturated carbocycles. The van der Waals surface area contributed by atoms with Crippen LogP contribution in [0.15, 0.2) is 55.3 Å². The molecule has 0 aliphatic carbocycles. The number of amides is 3. The van der Waals surface area contributed by atoms with Gasteiger partial charge < -0.3 is 24.4 Å². The molecule has 0 aliphatic heterocycles. The second-order valence-corrected chi connectivity index (χ2v) is 6.96. The number of urea groups is 1. The molecular weight excluding hydrogens is 392 g/mol. The summed E-state index contributed by atoms with van der Waals surface area (Å²) in [4.78, 5) is 28.7. The fourth-order valence-electron chi connectivity index (χ4n) is 2.76. The first-order valence-electron chi connectivity index (χ1n) is 9.24. The van der Waals surface area contributed by atoms with Crippen LogP contribution < -0.4 is 5.32 Å². The second kappa shape index (κ2) is 11.3. The number of carbonyl (C=O) groups is 2. The maximum absolute atomic E-state index is 13.0. The van der Waals surface area contributed by atoms with Gasteiger partial charge in [0, 0.05) is 49.8 Å². The van der Waals surface area contributed by atoms with Crippen molar-refractivity contribution in [2.75, 3.05) is 38.7 Å². The molecule has 7 nitrogen and oxygen atoms in total. The molecule has 0 bridgehead atoms. The number of aromatic nitrogens is 1. The monoisotopic (exact) mass is 418 g/mol. The van der Waals surface area contributed by atoms with Crippen LogP contribution >= 0.6 is 11.6 Å². The van der Waals surface area contributed by atoms with Crippen molar-refractivity contribution in [3.05, 3.63) is 66.0 Å². The van der Waals surface area contributed by atoms with Gasteiger partial charge in [-0.25, -0.2) is 4.79 Å². The Morgan fingerprint density at radius 2 is 2.07 bits per heavy atom. The first kappa shape index (κ1) is 22.5. The Balaban J connectivity index is 2.08. The van der Waals surface area contributed by atoms with Gasteiger partial charge in [0.25, 0.3) is 0 Å². The Morgan fingerprint density at radius 1 is 1.28 bits per heavy atom. The first-order valence-corrected chi connectivity index (χ1v) is 9.61. The van der Waals surface area contributed by atoms with Crippen LogP contribution in [0.4, 0.5) is 10.5 Å². The first-order chi connectivity index (χ1) is 13.9. The summed E-state index contributed by atoms with van der Waals surface area (Å²) in [7, 11) is 3.52. The van der Waals surface area contributed by atoms with Crippen LogP contribution in [0.25, 0.3) is 0 Å². The van der Waals surface area contributed by atoms with Crippen molar-refractivity contribution in [1.82, 2.24) is 14.4 Å². The van der Waals surface area contributed by atoms with Crippen molar-refractivity contribution in [2.24, 2.45) is 7.05 Å². The Kier molecular flexibility index (Phi) is 8.76. The molecule has 2 rings (SSSR count). The van der Waals surface area contributed by atoms with Crippen molar-refractivity contribution in [3.8, 4) is 0 Å². The highest BCUT2D eigenvalue weighted by atomic mass is 35.5. The second-order valence-electron chi connectivity index (χ2n) is 6.53. The number of hydrogen-bond donors (Lipinski definition) is 1. The number of ether oxygens (including phenoxy) is 1. The van der Waals surface area contributed by atoms with E-state index in [0.717, 1.165) is 5.69 Å². The summed E-state index contributed by atoms with van der Waals surface area (Å²) in [6.45, 7) is 5.12. The van der Waals surface area contributed by atoms with Crippen molar-refractivity contribution >= 4 is 29.2 Å². The van der Waals surface area contributed by atoms with Crippen molar-refractivity contribution < 1.29 is 14.3 Å². The highest BCUT2D eigenvalue weighted by molar-refractivity contribution is 6.30. The summed E-state index contributed by atoms with van der Waals surface area (Å²) in [5.41, 5.74) is 1.55. The van der Waals surface area contributed by atoms with Gasteiger partial charge in [0.2, 0.25) is 5.91 Å². The fourth-order valence-corrected chi connectivity index (χ4v) is 2.95. The Morgan fingerprint density at radius 3 is 2.69 bits per heavy atom. The zero-order chi connectivity index (χ0) is 21.2. The molecule has 0 aliphatic rings. The molecule has 2 aromatic rings. The summed E-state index contributed by atoms with van der Waals surface area (Å²) < 4.78 is 7.10. The summed E-state index contributed by atoms with van der Waals surface area (Å²) in [6.07, 6.45) is 3.51. The lowest BCUT2D eigenvalue weighted by Gasteiger charge is -2.27. The van der Waals surface area contributed by atoms with Gasteiger partial charge in [-0.1, -0.05) is 23.7 Å². The molecule has 0 spiro atoms. The number of methoxy groups -OCH3 is 1. The number of rotatable bonds is 10. The van der Waals surface area contributed by atoms with E-state index in [2.05, 4.69) is 11.9 Å². The molecule has 8 heteroatoms. The van der Waals surface area contributed by atoms with Crippen LogP contribution in [0.2, 0.25) is 5.02 Å². The Labute approximate surface area is 176 Å². The summed E-state index contributed by atoms with van der Waals surface area (Å²) in [5.74, 6) is -0.175. The Bertz CT molecular complexity index is 837. The number of halogens is 1. The topological polar surface area (TPSA) is 66.8 Å². The van der Waals surface area contributed by atoms with Crippen LogP contribution in [0.1, 0.15) is 5.69 Å². The van der Waals surface area contributed by atoms with Crippen LogP contribution in [0, 0.1) is 0 Å². The molecule has 0 unspecified atom stereocenters. The minimum Gasteiger partial charge on any atom is -0.383 e. The van der Waals surface area contributed by atoms with E-state index in [9.17, 15) is 9.59 Å². The van der Waals surface area contributed by atoms with Gasteiger partial charge in [-0.05, 0) is 30.3 Å². The average molecular weight is 419 g/mol. The van der Waals surface area contributed by atoms with Gasteiger partial charge >= 0.3 is 6.03 Å². The third-order valence-electron chi connectivity index (χ3n) is 4.36. The molecule has 3 amide bonds. The van der Waals surface area contributed by atoms with Gasteiger partial charge in [0.15, 0.2) is 0 Å². The number of nitrogens with one attached hydrogen (secondary N) is 1. The molecule has 1 aromatic heterocycles. The van der Waals surface area contributed by atoms with E-state index in [0.29, 0.717) is 30.4 Å². The quantitative estimate of drug-likeness (QED) is 0.601. The van der Waals surface area contributed by atoms with Crippen LogP contribution in [-0.4, -0.2) is 59.7 Å². The van der Waals surface area contributed by atoms with Gasteiger partial charge in [-0.15, -0.1) is 6.58 Å². The molecule has 0 atom stereocenters. The number of anilines is 1. The van der Waals surface area contributed by atoms with Crippen LogP contribution in [0.3, 0.4) is 0 Å². The molecule has 156 valence electrons. The average Bonchev–Trinajstić information content (AvgIpc) is 3.09. The summed E-state index contributed by atoms with van der Waals surface area (Å²) in [5, 5.41) is 3.28. The van der Waals surface area contributed by atoms with Gasteiger partial charge in [-0.2, -0.15) is 0 Å². The number of carbonyl (C=O) groups excluding carboxylic acids is 2. The van der Waals surface area contributed by atoms with Crippen molar-refractivity contribution in [1.29, 1.82) is 0 Å². The number of benzene rings is 1. The van der Waals surface area contributed by atoms with E-state index < -0.39 is 6.03 Å². The van der Waals surface area contributed by atoms with E-state index in [-0.39, 0.29) is 19.0 Å². The lowest BCUT2D eigenvalue weighted by atomic mass is 10.3. The Hall–Kier alpha value is -2.77. The van der Waals surface area contributed by atoms with Crippen LogP contribution in [-0.2, 0) is 23.1 Å². The molecule has 1 aromatic carbocycles. The largest absolute Gasteiger partial charge is 0.383 e. The lowest BCUT2D eigenvalue weighted by Crippen LogP contribution is -2.45. The van der Waals surface area contributed by atoms with Gasteiger partial charge in [-0.3, -0.25) is 4.79 Å². The number of nitrogens with zero attached hydrogens (tertiary/aromatic N) is 3. The molecule has 1 heterocycles. The molecule has 0 radical (unpaired) electrons. The van der Waals surface area contributed by atoms with Gasteiger partial charge in [0.05, 0.1) is 13.2 Å². The zero-order valence-electron chi connectivity index (χ0n) is 16.8. The van der Waals surface area contributed by atoms with E-state index >= 15 is 0 Å². The van der Waals surface area contributed by atoms with E-state index in [1.165, 1.54) is 4.90 Å². The third kappa shape index (κ3) is 6.96. The normalized spacial score (nSPS) is 10.4. The predicted octanol–water partition coefficient (Wildman–Crippen LogP) is 3.37. The predicted molar refractivity (Wildman–Crippen MR) is 115 cm³/mol. The van der Waals surface area contributed by atoms with Crippen molar-refractivity contribution in [3.63, 3.8) is 0 Å². The molecular formula is C21H27ClN4O3. The van der Waals surface area contributed by atoms with E-state index in [1.807, 2.05) is 29.9 Å². The van der Waals surface area contributed by atoms with Gasteiger partial charge in [0.1, 0.15) is 6.54 Å². The minimum atomic E-state index is -0.397. The lowest BCUT2D eigenvalue weighted by molar-refractivity contribution is -0.133. The van der Waals surface area contributed by atoms with Crippen LogP contribution in [0.5, 0.6) is 0 Å². The van der Waals surface area contributed by atoms with E-state index in [4.69, 9.17) is 16.3 Å². The smallest absolute Gasteiger partial charge is 0.322 e. The number of aryl methyl sites for hydroxylation is 1. The number of hydrogen-bond acceptors (Lipinski definition) is 3. The van der Waals surface area contributed by atoms with E-state index in [1.54, 1.807) is 42.4 Å². The summed E-state index contributed by atoms with van der Waals surface area (Å²) in [6, 6.07) is 10.3. The molecule has 0 fully saturated rings. The highest BCUT2D eigenvalue weighted by Crippen LogP contribution is 2.15. The third-order valence-corrected chi connectivity index (χ3v) is 4.60. The highest BCUT2D eigenvalue weighted by Gasteiger charge is 2.21. The molecule has 29 heavy (non-hydrogen) atoms. The molecule has 0 saturated heterocycles. The zero-order valence-corrected chi connectivity index (χ0v) is 17.6.